The number of nitrogens with zero attached hydrogens (tertiary/aromatic N) is 1. The van der Waals surface area contributed by atoms with Crippen molar-refractivity contribution in [3.8, 4) is 0 Å². The molecule has 3 aliphatic heterocycles. The Balaban J connectivity index is 1.56. The summed E-state index contributed by atoms with van der Waals surface area (Å²) in [5.41, 5.74) is 0.415. The normalized spacial score (nSPS) is 30.4. The van der Waals surface area contributed by atoms with Gasteiger partial charge in [-0.3, -0.25) is 0 Å². The Kier molecular flexibility index (Phi) is 4.01. The van der Waals surface area contributed by atoms with Gasteiger partial charge in [0.05, 0.1) is 6.10 Å². The summed E-state index contributed by atoms with van der Waals surface area (Å²) in [6.07, 6.45) is 1.61. The van der Waals surface area contributed by atoms with Crippen LogP contribution in [0.15, 0.2) is 18.2 Å². The van der Waals surface area contributed by atoms with Crippen LogP contribution >= 0.6 is 0 Å². The monoisotopic (exact) mass is 282 g/mol. The lowest BCUT2D eigenvalue weighted by Crippen LogP contribution is -2.56. The van der Waals surface area contributed by atoms with Crippen LogP contribution in [0.1, 0.15) is 24.5 Å². The SMILES string of the molecule is OC(CNC1CN2CCC1CC2)c1ccc(F)c(F)c1. The first kappa shape index (κ1) is 13.9. The summed E-state index contributed by atoms with van der Waals surface area (Å²) < 4.78 is 26.0. The maximum absolute atomic E-state index is 13.1. The van der Waals surface area contributed by atoms with Gasteiger partial charge in [0.2, 0.25) is 0 Å². The number of benzene rings is 1. The molecule has 20 heavy (non-hydrogen) atoms. The number of aliphatic hydroxyl groups excluding tert-OH is 1. The van der Waals surface area contributed by atoms with Gasteiger partial charge in [-0.05, 0) is 49.5 Å². The van der Waals surface area contributed by atoms with Crippen LogP contribution in [0.3, 0.4) is 0 Å². The molecule has 110 valence electrons. The molecule has 5 heteroatoms. The minimum atomic E-state index is -0.913. The summed E-state index contributed by atoms with van der Waals surface area (Å²) in [5, 5.41) is 13.4. The highest BCUT2D eigenvalue weighted by Crippen LogP contribution is 2.27. The molecule has 4 rings (SSSR count). The summed E-state index contributed by atoms with van der Waals surface area (Å²) in [6, 6.07) is 3.96. The summed E-state index contributed by atoms with van der Waals surface area (Å²) in [5.74, 6) is -1.12. The topological polar surface area (TPSA) is 35.5 Å². The molecule has 3 aliphatic rings. The zero-order chi connectivity index (χ0) is 14.1. The van der Waals surface area contributed by atoms with Gasteiger partial charge in [-0.1, -0.05) is 6.07 Å². The molecule has 3 heterocycles. The van der Waals surface area contributed by atoms with Crippen molar-refractivity contribution in [1.29, 1.82) is 0 Å². The summed E-state index contributed by atoms with van der Waals surface area (Å²) in [6.45, 7) is 3.75. The van der Waals surface area contributed by atoms with Gasteiger partial charge in [-0.25, -0.2) is 8.78 Å². The minimum absolute atomic E-state index is 0.375. The van der Waals surface area contributed by atoms with E-state index in [9.17, 15) is 13.9 Å². The van der Waals surface area contributed by atoms with Crippen molar-refractivity contribution in [1.82, 2.24) is 10.2 Å². The second kappa shape index (κ2) is 5.76. The van der Waals surface area contributed by atoms with Crippen LogP contribution in [0, 0.1) is 17.6 Å². The van der Waals surface area contributed by atoms with Crippen molar-refractivity contribution in [3.63, 3.8) is 0 Å². The van der Waals surface area contributed by atoms with Gasteiger partial charge in [-0.2, -0.15) is 0 Å². The molecule has 3 nitrogen and oxygen atoms in total. The van der Waals surface area contributed by atoms with E-state index in [1.165, 1.54) is 32.0 Å². The lowest BCUT2D eigenvalue weighted by molar-refractivity contribution is 0.0635. The molecule has 2 atom stereocenters. The number of rotatable bonds is 4. The predicted molar refractivity (Wildman–Crippen MR) is 72.3 cm³/mol. The zero-order valence-electron chi connectivity index (χ0n) is 11.4. The molecule has 3 saturated heterocycles. The standard InChI is InChI=1S/C15H20F2N2O/c16-12-2-1-11(7-13(12)17)15(20)8-18-14-9-19-5-3-10(14)4-6-19/h1-2,7,10,14-15,18,20H,3-6,8-9H2. The van der Waals surface area contributed by atoms with E-state index in [4.69, 9.17) is 0 Å². The predicted octanol–water partition coefficient (Wildman–Crippen LogP) is 1.68. The second-order valence-corrected chi connectivity index (χ2v) is 5.84. The van der Waals surface area contributed by atoms with Crippen LogP contribution in [0.2, 0.25) is 0 Å². The molecule has 0 spiro atoms. The molecule has 2 N–H and O–H groups in total. The molecular formula is C15H20F2N2O. The number of nitrogens with one attached hydrogen (secondary N) is 1. The van der Waals surface area contributed by atoms with Crippen LogP contribution in [0.25, 0.3) is 0 Å². The van der Waals surface area contributed by atoms with Crippen molar-refractivity contribution in [2.24, 2.45) is 5.92 Å². The smallest absolute Gasteiger partial charge is 0.159 e. The fourth-order valence-electron chi connectivity index (χ4n) is 3.30. The van der Waals surface area contributed by atoms with Crippen LogP contribution in [0.4, 0.5) is 8.78 Å². The molecule has 2 unspecified atom stereocenters. The Morgan fingerprint density at radius 1 is 1.25 bits per heavy atom. The number of hydrogen-bond acceptors (Lipinski definition) is 3. The van der Waals surface area contributed by atoms with Crippen LogP contribution in [0.5, 0.6) is 0 Å². The third kappa shape index (κ3) is 2.85. The molecule has 0 aromatic heterocycles. The fraction of sp³-hybridized carbons (Fsp3) is 0.600. The van der Waals surface area contributed by atoms with E-state index in [0.29, 0.717) is 24.1 Å². The molecule has 0 saturated carbocycles. The third-order valence-electron chi connectivity index (χ3n) is 4.56. The fourth-order valence-corrected chi connectivity index (χ4v) is 3.30. The second-order valence-electron chi connectivity index (χ2n) is 5.84. The van der Waals surface area contributed by atoms with Crippen molar-refractivity contribution < 1.29 is 13.9 Å². The molecule has 2 bridgehead atoms. The number of halogens is 2. The number of fused-ring (bicyclic) bond motifs is 3. The molecule has 1 aromatic carbocycles. The van der Waals surface area contributed by atoms with Crippen LogP contribution < -0.4 is 5.32 Å². The van der Waals surface area contributed by atoms with Crippen LogP contribution in [-0.2, 0) is 0 Å². The van der Waals surface area contributed by atoms with Gasteiger partial charge in [0.15, 0.2) is 11.6 Å². The Morgan fingerprint density at radius 3 is 2.60 bits per heavy atom. The molecule has 0 amide bonds. The maximum Gasteiger partial charge on any atom is 0.159 e. The van der Waals surface area contributed by atoms with Gasteiger partial charge in [-0.15, -0.1) is 0 Å². The van der Waals surface area contributed by atoms with Gasteiger partial charge >= 0.3 is 0 Å². The Hall–Kier alpha value is -1.04. The largest absolute Gasteiger partial charge is 0.387 e. The molecule has 0 radical (unpaired) electrons. The van der Waals surface area contributed by atoms with E-state index in [1.54, 1.807) is 0 Å². The van der Waals surface area contributed by atoms with Gasteiger partial charge in [0.1, 0.15) is 0 Å². The highest BCUT2D eigenvalue weighted by molar-refractivity contribution is 5.20. The van der Waals surface area contributed by atoms with E-state index in [-0.39, 0.29) is 0 Å². The molecular weight excluding hydrogens is 262 g/mol. The zero-order valence-corrected chi connectivity index (χ0v) is 11.4. The van der Waals surface area contributed by atoms with E-state index >= 15 is 0 Å². The minimum Gasteiger partial charge on any atom is -0.387 e. The highest BCUT2D eigenvalue weighted by atomic mass is 19.2. The van der Waals surface area contributed by atoms with Crippen molar-refractivity contribution >= 4 is 0 Å². The van der Waals surface area contributed by atoms with Crippen molar-refractivity contribution in [3.05, 3.63) is 35.4 Å². The van der Waals surface area contributed by atoms with Crippen molar-refractivity contribution in [2.75, 3.05) is 26.2 Å². The third-order valence-corrected chi connectivity index (χ3v) is 4.56. The van der Waals surface area contributed by atoms with Gasteiger partial charge in [0.25, 0.3) is 0 Å². The Bertz CT molecular complexity index is 475. The van der Waals surface area contributed by atoms with E-state index < -0.39 is 17.7 Å². The quantitative estimate of drug-likeness (QED) is 0.882. The molecule has 0 aliphatic carbocycles. The van der Waals surface area contributed by atoms with Crippen molar-refractivity contribution in [2.45, 2.75) is 25.0 Å². The first-order valence-corrected chi connectivity index (χ1v) is 7.22. The summed E-state index contributed by atoms with van der Waals surface area (Å²) in [7, 11) is 0. The Morgan fingerprint density at radius 2 is 2.00 bits per heavy atom. The Labute approximate surface area is 117 Å². The first-order chi connectivity index (χ1) is 9.63. The summed E-state index contributed by atoms with van der Waals surface area (Å²) >= 11 is 0. The van der Waals surface area contributed by atoms with Gasteiger partial charge in [0, 0.05) is 19.1 Å². The first-order valence-electron chi connectivity index (χ1n) is 7.22. The van der Waals surface area contributed by atoms with E-state index in [0.717, 1.165) is 18.7 Å². The lowest BCUT2D eigenvalue weighted by Gasteiger charge is -2.45. The maximum atomic E-state index is 13.1. The highest BCUT2D eigenvalue weighted by Gasteiger charge is 2.33. The molecule has 1 aromatic rings. The van der Waals surface area contributed by atoms with E-state index in [1.807, 2.05) is 0 Å². The van der Waals surface area contributed by atoms with Gasteiger partial charge < -0.3 is 15.3 Å². The average Bonchev–Trinajstić information content (AvgIpc) is 2.49. The number of hydrogen-bond donors (Lipinski definition) is 2. The van der Waals surface area contributed by atoms with E-state index in [2.05, 4.69) is 10.2 Å². The summed E-state index contributed by atoms with van der Waals surface area (Å²) in [4.78, 5) is 2.43. The molecule has 3 fully saturated rings. The lowest BCUT2D eigenvalue weighted by atomic mass is 9.84. The number of piperidine rings is 3. The number of aliphatic hydroxyl groups is 1. The average molecular weight is 282 g/mol. The van der Waals surface area contributed by atoms with Crippen LogP contribution in [-0.4, -0.2) is 42.2 Å².